The third-order valence-electron chi connectivity index (χ3n) is 3.42. The minimum atomic E-state index is -0.505. The number of para-hydroxylation sites is 2. The van der Waals surface area contributed by atoms with Crippen LogP contribution in [0.2, 0.25) is 0 Å². The molecule has 0 aromatic heterocycles. The van der Waals surface area contributed by atoms with Crippen molar-refractivity contribution in [3.8, 4) is 5.75 Å². The zero-order chi connectivity index (χ0) is 15.2. The van der Waals surface area contributed by atoms with Crippen LogP contribution in [0.3, 0.4) is 0 Å². The molecular weight excluding hydrogens is 272 g/mol. The summed E-state index contributed by atoms with van der Waals surface area (Å²) < 4.78 is 10.2. The largest absolute Gasteiger partial charge is 0.492 e. The molecule has 1 aromatic carbocycles. The van der Waals surface area contributed by atoms with Gasteiger partial charge in [0.15, 0.2) is 0 Å². The maximum atomic E-state index is 12.4. The highest BCUT2D eigenvalue weighted by atomic mass is 16.5. The summed E-state index contributed by atoms with van der Waals surface area (Å²) in [6, 6.07) is 6.41. The third-order valence-corrected chi connectivity index (χ3v) is 3.42. The molecular formula is C15H20N2O4. The molecule has 6 nitrogen and oxygen atoms in total. The molecule has 21 heavy (non-hydrogen) atoms. The zero-order valence-corrected chi connectivity index (χ0v) is 12.3. The van der Waals surface area contributed by atoms with Crippen molar-refractivity contribution < 1.29 is 19.1 Å². The Balaban J connectivity index is 2.09. The Hall–Kier alpha value is -2.24. The number of esters is 1. The van der Waals surface area contributed by atoms with Gasteiger partial charge in [-0.3, -0.25) is 0 Å². The molecule has 1 atom stereocenters. The summed E-state index contributed by atoms with van der Waals surface area (Å²) in [5, 5.41) is 2.80. The fraction of sp³-hybridized carbons (Fsp3) is 0.467. The van der Waals surface area contributed by atoms with Crippen molar-refractivity contribution in [2.75, 3.05) is 25.6 Å². The second-order valence-electron chi connectivity index (χ2n) is 4.73. The van der Waals surface area contributed by atoms with Crippen LogP contribution in [0.25, 0.3) is 0 Å². The fourth-order valence-electron chi connectivity index (χ4n) is 2.43. The lowest BCUT2D eigenvalue weighted by molar-refractivity contribution is -0.144. The van der Waals surface area contributed by atoms with Crippen molar-refractivity contribution in [2.24, 2.45) is 0 Å². The molecule has 1 fully saturated rings. The number of rotatable bonds is 4. The van der Waals surface area contributed by atoms with E-state index in [4.69, 9.17) is 9.47 Å². The van der Waals surface area contributed by atoms with Crippen LogP contribution in [-0.4, -0.2) is 43.2 Å². The number of nitrogens with one attached hydrogen (secondary N) is 1. The monoisotopic (exact) mass is 292 g/mol. The zero-order valence-electron chi connectivity index (χ0n) is 12.3. The molecule has 1 N–H and O–H groups in total. The Morgan fingerprint density at radius 3 is 2.86 bits per heavy atom. The van der Waals surface area contributed by atoms with Gasteiger partial charge in [-0.25, -0.2) is 9.59 Å². The molecule has 0 radical (unpaired) electrons. The van der Waals surface area contributed by atoms with Crippen molar-refractivity contribution in [3.63, 3.8) is 0 Å². The van der Waals surface area contributed by atoms with Gasteiger partial charge in [0.2, 0.25) is 0 Å². The Morgan fingerprint density at radius 2 is 2.14 bits per heavy atom. The lowest BCUT2D eigenvalue weighted by Crippen LogP contribution is -2.43. The van der Waals surface area contributed by atoms with Gasteiger partial charge in [-0.2, -0.15) is 0 Å². The average molecular weight is 292 g/mol. The number of benzene rings is 1. The van der Waals surface area contributed by atoms with Crippen LogP contribution in [0.15, 0.2) is 24.3 Å². The Morgan fingerprint density at radius 1 is 1.38 bits per heavy atom. The average Bonchev–Trinajstić information content (AvgIpc) is 2.98. The number of carbonyl (C=O) groups excluding carboxylic acids is 2. The van der Waals surface area contributed by atoms with Gasteiger partial charge in [-0.15, -0.1) is 0 Å². The van der Waals surface area contributed by atoms with Crippen molar-refractivity contribution in [3.05, 3.63) is 24.3 Å². The molecule has 1 saturated heterocycles. The second kappa shape index (κ2) is 6.97. The summed E-state index contributed by atoms with van der Waals surface area (Å²) in [4.78, 5) is 25.5. The van der Waals surface area contributed by atoms with Crippen molar-refractivity contribution in [2.45, 2.75) is 25.8 Å². The molecule has 1 aliphatic heterocycles. The van der Waals surface area contributed by atoms with Crippen LogP contribution in [0.1, 0.15) is 19.8 Å². The van der Waals surface area contributed by atoms with Crippen LogP contribution in [0.4, 0.5) is 10.5 Å². The molecule has 114 valence electrons. The highest BCUT2D eigenvalue weighted by Crippen LogP contribution is 2.26. The van der Waals surface area contributed by atoms with Gasteiger partial charge in [0.1, 0.15) is 11.8 Å². The van der Waals surface area contributed by atoms with Gasteiger partial charge < -0.3 is 19.7 Å². The van der Waals surface area contributed by atoms with E-state index in [1.54, 1.807) is 12.1 Å². The van der Waals surface area contributed by atoms with Gasteiger partial charge in [0, 0.05) is 6.54 Å². The lowest BCUT2D eigenvalue weighted by atomic mass is 10.2. The van der Waals surface area contributed by atoms with Gasteiger partial charge in [0.25, 0.3) is 0 Å². The Kier molecular flexibility index (Phi) is 5.03. The van der Waals surface area contributed by atoms with E-state index < -0.39 is 6.04 Å². The summed E-state index contributed by atoms with van der Waals surface area (Å²) in [5.41, 5.74) is 0.597. The van der Waals surface area contributed by atoms with Crippen LogP contribution in [0, 0.1) is 0 Å². The van der Waals surface area contributed by atoms with E-state index in [2.05, 4.69) is 5.32 Å². The number of anilines is 1. The summed E-state index contributed by atoms with van der Waals surface area (Å²) in [7, 11) is 1.33. The van der Waals surface area contributed by atoms with E-state index in [1.165, 1.54) is 12.0 Å². The van der Waals surface area contributed by atoms with E-state index in [9.17, 15) is 9.59 Å². The number of carbonyl (C=O) groups is 2. The number of likely N-dealkylation sites (tertiary alicyclic amines) is 1. The molecule has 2 amide bonds. The van der Waals surface area contributed by atoms with Crippen molar-refractivity contribution in [1.82, 2.24) is 4.90 Å². The van der Waals surface area contributed by atoms with Crippen LogP contribution < -0.4 is 10.1 Å². The lowest BCUT2D eigenvalue weighted by Gasteiger charge is -2.23. The normalized spacial score (nSPS) is 17.4. The first-order valence-corrected chi connectivity index (χ1v) is 7.04. The minimum absolute atomic E-state index is 0.310. The number of methoxy groups -OCH3 is 1. The van der Waals surface area contributed by atoms with Crippen LogP contribution in [0.5, 0.6) is 5.75 Å². The molecule has 2 rings (SSSR count). The maximum Gasteiger partial charge on any atom is 0.328 e. The molecule has 6 heteroatoms. The van der Waals surface area contributed by atoms with E-state index in [1.807, 2.05) is 19.1 Å². The smallest absolute Gasteiger partial charge is 0.328 e. The molecule has 1 aliphatic rings. The SMILES string of the molecule is CCOc1ccccc1NC(=O)N1CCCC1C(=O)OC. The van der Waals surface area contributed by atoms with Gasteiger partial charge in [-0.1, -0.05) is 12.1 Å². The fourth-order valence-corrected chi connectivity index (χ4v) is 2.43. The molecule has 1 heterocycles. The topological polar surface area (TPSA) is 67.9 Å². The summed E-state index contributed by atoms with van der Waals surface area (Å²) in [6.07, 6.45) is 1.42. The maximum absolute atomic E-state index is 12.4. The number of amides is 2. The van der Waals surface area contributed by atoms with E-state index >= 15 is 0 Å². The number of urea groups is 1. The molecule has 0 spiro atoms. The van der Waals surface area contributed by atoms with E-state index in [0.717, 1.165) is 6.42 Å². The van der Waals surface area contributed by atoms with Crippen molar-refractivity contribution >= 4 is 17.7 Å². The predicted molar refractivity (Wildman–Crippen MR) is 78.4 cm³/mol. The number of hydrogen-bond donors (Lipinski definition) is 1. The van der Waals surface area contributed by atoms with Crippen LogP contribution >= 0.6 is 0 Å². The van der Waals surface area contributed by atoms with Crippen molar-refractivity contribution in [1.29, 1.82) is 0 Å². The number of nitrogens with zero attached hydrogens (tertiary/aromatic N) is 1. The Labute approximate surface area is 124 Å². The molecule has 1 unspecified atom stereocenters. The van der Waals surface area contributed by atoms with Gasteiger partial charge in [0.05, 0.1) is 19.4 Å². The highest BCUT2D eigenvalue weighted by Gasteiger charge is 2.35. The summed E-state index contributed by atoms with van der Waals surface area (Å²) >= 11 is 0. The van der Waals surface area contributed by atoms with Gasteiger partial charge in [-0.05, 0) is 31.9 Å². The first kappa shape index (κ1) is 15.2. The second-order valence-corrected chi connectivity index (χ2v) is 4.73. The minimum Gasteiger partial charge on any atom is -0.492 e. The van der Waals surface area contributed by atoms with Gasteiger partial charge >= 0.3 is 12.0 Å². The molecule has 0 aliphatic carbocycles. The molecule has 1 aromatic rings. The first-order valence-electron chi connectivity index (χ1n) is 7.04. The number of hydrogen-bond acceptors (Lipinski definition) is 4. The summed E-state index contributed by atoms with van der Waals surface area (Å²) in [5.74, 6) is 0.239. The first-order chi connectivity index (χ1) is 10.2. The Bertz CT molecular complexity index is 518. The molecule has 0 bridgehead atoms. The predicted octanol–water partition coefficient (Wildman–Crippen LogP) is 2.25. The van der Waals surface area contributed by atoms with E-state index in [-0.39, 0.29) is 12.0 Å². The third kappa shape index (κ3) is 3.45. The van der Waals surface area contributed by atoms with E-state index in [0.29, 0.717) is 31.0 Å². The standard InChI is InChI=1S/C15H20N2O4/c1-3-21-13-9-5-4-7-11(13)16-15(19)17-10-6-8-12(17)14(18)20-2/h4-5,7,9,12H,3,6,8,10H2,1-2H3,(H,16,19). The summed E-state index contributed by atoms with van der Waals surface area (Å²) in [6.45, 7) is 2.94. The quantitative estimate of drug-likeness (QED) is 0.864. The molecule has 0 saturated carbocycles. The number of ether oxygens (including phenoxy) is 2. The highest BCUT2D eigenvalue weighted by molar-refractivity contribution is 5.94. The van der Waals surface area contributed by atoms with Crippen LogP contribution in [-0.2, 0) is 9.53 Å².